The van der Waals surface area contributed by atoms with Crippen LogP contribution < -0.4 is 10.1 Å². The van der Waals surface area contributed by atoms with Gasteiger partial charge in [0.2, 0.25) is 0 Å². The number of methoxy groups -OCH3 is 1. The van der Waals surface area contributed by atoms with Crippen LogP contribution in [0.25, 0.3) is 0 Å². The number of carbonyl (C=O) groups excluding carboxylic acids is 1. The molecule has 2 N–H and O–H groups in total. The second-order valence-corrected chi connectivity index (χ2v) is 5.92. The fourth-order valence-electron chi connectivity index (χ4n) is 2.14. The van der Waals surface area contributed by atoms with Crippen LogP contribution in [0.3, 0.4) is 0 Å². The van der Waals surface area contributed by atoms with Crippen LogP contribution in [0.2, 0.25) is 0 Å². The largest absolute Gasteiger partial charge is 0.496 e. The van der Waals surface area contributed by atoms with Crippen molar-refractivity contribution in [3.63, 3.8) is 0 Å². The Balaban J connectivity index is 2.00. The molecule has 0 heterocycles. The van der Waals surface area contributed by atoms with Crippen LogP contribution in [-0.2, 0) is 0 Å². The van der Waals surface area contributed by atoms with Crippen molar-refractivity contribution >= 4 is 21.8 Å². The first kappa shape index (κ1) is 14.3. The average Bonchev–Trinajstić information content (AvgIpc) is 3.16. The first-order valence-corrected chi connectivity index (χ1v) is 7.12. The zero-order chi connectivity index (χ0) is 13.9. The Morgan fingerprint density at radius 3 is 2.84 bits per heavy atom. The Bertz CT molecular complexity index is 472. The number of ether oxygens (including phenoxy) is 1. The topological polar surface area (TPSA) is 58.6 Å². The maximum atomic E-state index is 12.1. The third-order valence-electron chi connectivity index (χ3n) is 3.63. The van der Waals surface area contributed by atoms with Crippen molar-refractivity contribution in [1.29, 1.82) is 0 Å². The van der Waals surface area contributed by atoms with Gasteiger partial charge in [-0.15, -0.1) is 0 Å². The highest BCUT2D eigenvalue weighted by atomic mass is 79.9. The molecule has 1 amide bonds. The van der Waals surface area contributed by atoms with Gasteiger partial charge in [0.1, 0.15) is 5.75 Å². The summed E-state index contributed by atoms with van der Waals surface area (Å²) in [7, 11) is 1.55. The van der Waals surface area contributed by atoms with E-state index in [0.29, 0.717) is 17.9 Å². The standard InChI is InChI=1S/C14H18BrNO3/c1-19-12-8-10(15)2-3-11(12)13(18)16-9-14(4-5-14)6-7-17/h2-3,8,17H,4-7,9H2,1H3,(H,16,18). The molecule has 0 spiro atoms. The van der Waals surface area contributed by atoms with Crippen LogP contribution in [-0.4, -0.2) is 31.3 Å². The van der Waals surface area contributed by atoms with Crippen LogP contribution in [0.15, 0.2) is 22.7 Å². The first-order valence-electron chi connectivity index (χ1n) is 6.33. The van der Waals surface area contributed by atoms with E-state index in [1.807, 2.05) is 6.07 Å². The van der Waals surface area contributed by atoms with Crippen molar-refractivity contribution < 1.29 is 14.6 Å². The van der Waals surface area contributed by atoms with E-state index < -0.39 is 0 Å². The molecule has 1 fully saturated rings. The van der Waals surface area contributed by atoms with Gasteiger partial charge in [-0.1, -0.05) is 15.9 Å². The van der Waals surface area contributed by atoms with E-state index in [1.165, 1.54) is 0 Å². The van der Waals surface area contributed by atoms with Gasteiger partial charge >= 0.3 is 0 Å². The number of aliphatic hydroxyl groups excluding tert-OH is 1. The molecular formula is C14H18BrNO3. The molecule has 104 valence electrons. The van der Waals surface area contributed by atoms with Crippen LogP contribution in [0.4, 0.5) is 0 Å². The lowest BCUT2D eigenvalue weighted by Crippen LogP contribution is -2.31. The highest BCUT2D eigenvalue weighted by Crippen LogP contribution is 2.47. The van der Waals surface area contributed by atoms with Gasteiger partial charge in [-0.2, -0.15) is 0 Å². The molecule has 19 heavy (non-hydrogen) atoms. The quantitative estimate of drug-likeness (QED) is 0.843. The number of rotatable bonds is 6. The lowest BCUT2D eigenvalue weighted by Gasteiger charge is -2.15. The molecule has 0 radical (unpaired) electrons. The molecule has 0 aromatic heterocycles. The van der Waals surface area contributed by atoms with Crippen LogP contribution >= 0.6 is 15.9 Å². The SMILES string of the molecule is COc1cc(Br)ccc1C(=O)NCC1(CCO)CC1. The van der Waals surface area contributed by atoms with E-state index in [0.717, 1.165) is 23.7 Å². The minimum absolute atomic E-state index is 0.118. The van der Waals surface area contributed by atoms with Gasteiger partial charge in [0, 0.05) is 17.6 Å². The van der Waals surface area contributed by atoms with E-state index in [1.54, 1.807) is 19.2 Å². The van der Waals surface area contributed by atoms with Gasteiger partial charge in [0.15, 0.2) is 0 Å². The zero-order valence-corrected chi connectivity index (χ0v) is 12.5. The second-order valence-electron chi connectivity index (χ2n) is 5.00. The Hall–Kier alpha value is -1.07. The van der Waals surface area contributed by atoms with Gasteiger partial charge in [0.25, 0.3) is 5.91 Å². The molecule has 0 saturated heterocycles. The van der Waals surface area contributed by atoms with Crippen LogP contribution in [0.1, 0.15) is 29.6 Å². The minimum atomic E-state index is -0.131. The van der Waals surface area contributed by atoms with Gasteiger partial charge < -0.3 is 15.2 Å². The number of hydrogen-bond donors (Lipinski definition) is 2. The highest BCUT2D eigenvalue weighted by Gasteiger charge is 2.41. The maximum Gasteiger partial charge on any atom is 0.255 e. The van der Waals surface area contributed by atoms with Gasteiger partial charge in [0.05, 0.1) is 12.7 Å². The average molecular weight is 328 g/mol. The molecule has 0 aliphatic heterocycles. The summed E-state index contributed by atoms with van der Waals surface area (Å²) in [6.07, 6.45) is 2.90. The first-order chi connectivity index (χ1) is 9.10. The number of carbonyl (C=O) groups is 1. The summed E-state index contributed by atoms with van der Waals surface area (Å²) in [6.45, 7) is 0.795. The molecule has 1 saturated carbocycles. The minimum Gasteiger partial charge on any atom is -0.496 e. The number of hydrogen-bond acceptors (Lipinski definition) is 3. The predicted octanol–water partition coefficient (Wildman–Crippen LogP) is 2.35. The number of amides is 1. The fraction of sp³-hybridized carbons (Fsp3) is 0.500. The van der Waals surface area contributed by atoms with E-state index in [2.05, 4.69) is 21.2 Å². The molecule has 4 nitrogen and oxygen atoms in total. The van der Waals surface area contributed by atoms with Crippen molar-refractivity contribution in [2.75, 3.05) is 20.3 Å². The van der Waals surface area contributed by atoms with E-state index >= 15 is 0 Å². The molecule has 2 rings (SSSR count). The lowest BCUT2D eigenvalue weighted by atomic mass is 10.0. The summed E-state index contributed by atoms with van der Waals surface area (Å²) >= 11 is 3.35. The molecule has 1 aromatic carbocycles. The molecule has 0 unspecified atom stereocenters. The van der Waals surface area contributed by atoms with Crippen molar-refractivity contribution in [2.24, 2.45) is 5.41 Å². The zero-order valence-electron chi connectivity index (χ0n) is 10.9. The van der Waals surface area contributed by atoms with E-state index in [-0.39, 0.29) is 17.9 Å². The summed E-state index contributed by atoms with van der Waals surface area (Å²) in [4.78, 5) is 12.1. The molecule has 1 aliphatic carbocycles. The molecule has 5 heteroatoms. The lowest BCUT2D eigenvalue weighted by molar-refractivity contribution is 0.0937. The Kier molecular flexibility index (Phi) is 4.47. The fourth-order valence-corrected chi connectivity index (χ4v) is 2.48. The van der Waals surface area contributed by atoms with Crippen molar-refractivity contribution in [3.05, 3.63) is 28.2 Å². The Labute approximate surface area is 121 Å². The number of halogens is 1. The van der Waals surface area contributed by atoms with Gasteiger partial charge in [-0.05, 0) is 42.9 Å². The third kappa shape index (κ3) is 3.48. The van der Waals surface area contributed by atoms with Crippen molar-refractivity contribution in [3.8, 4) is 5.75 Å². The second kappa shape index (κ2) is 5.92. The maximum absolute atomic E-state index is 12.1. The smallest absolute Gasteiger partial charge is 0.255 e. The number of aliphatic hydroxyl groups is 1. The number of nitrogens with one attached hydrogen (secondary N) is 1. The predicted molar refractivity (Wildman–Crippen MR) is 76.4 cm³/mol. The van der Waals surface area contributed by atoms with E-state index in [4.69, 9.17) is 9.84 Å². The summed E-state index contributed by atoms with van der Waals surface area (Å²) < 4.78 is 6.09. The van der Waals surface area contributed by atoms with Crippen molar-refractivity contribution in [1.82, 2.24) is 5.32 Å². The molecule has 1 aliphatic rings. The highest BCUT2D eigenvalue weighted by molar-refractivity contribution is 9.10. The summed E-state index contributed by atoms with van der Waals surface area (Å²) in [5, 5.41) is 11.9. The summed E-state index contributed by atoms with van der Waals surface area (Å²) in [5.74, 6) is 0.424. The summed E-state index contributed by atoms with van der Waals surface area (Å²) in [6, 6.07) is 5.33. The molecular weight excluding hydrogens is 310 g/mol. The van der Waals surface area contributed by atoms with Crippen LogP contribution in [0, 0.1) is 5.41 Å². The Morgan fingerprint density at radius 2 is 2.26 bits per heavy atom. The number of benzene rings is 1. The monoisotopic (exact) mass is 327 g/mol. The normalized spacial score (nSPS) is 15.9. The summed E-state index contributed by atoms with van der Waals surface area (Å²) in [5.41, 5.74) is 0.651. The van der Waals surface area contributed by atoms with Crippen molar-refractivity contribution in [2.45, 2.75) is 19.3 Å². The van der Waals surface area contributed by atoms with Gasteiger partial charge in [-0.3, -0.25) is 4.79 Å². The Morgan fingerprint density at radius 1 is 1.53 bits per heavy atom. The molecule has 1 aromatic rings. The van der Waals surface area contributed by atoms with Crippen LogP contribution in [0.5, 0.6) is 5.75 Å². The molecule has 0 bridgehead atoms. The molecule has 0 atom stereocenters. The van der Waals surface area contributed by atoms with E-state index in [9.17, 15) is 4.79 Å². The third-order valence-corrected chi connectivity index (χ3v) is 4.12. The van der Waals surface area contributed by atoms with Gasteiger partial charge in [-0.25, -0.2) is 0 Å².